The average Bonchev–Trinajstić information content (AvgIpc) is 2.27. The van der Waals surface area contributed by atoms with Crippen LogP contribution in [-0.4, -0.2) is 22.9 Å². The average molecular weight is 237 g/mol. The van der Waals surface area contributed by atoms with Crippen LogP contribution < -0.4 is 5.32 Å². The van der Waals surface area contributed by atoms with E-state index in [9.17, 15) is 4.79 Å². The van der Waals surface area contributed by atoms with E-state index in [0.717, 1.165) is 10.6 Å². The van der Waals surface area contributed by atoms with Crippen LogP contribution in [0, 0.1) is 0 Å². The molecule has 0 spiro atoms. The van der Waals surface area contributed by atoms with Gasteiger partial charge in [0.05, 0.1) is 0 Å². The minimum Gasteiger partial charge on any atom is -0.480 e. The number of carboxylic acid groups (broad SMARTS) is 1. The van der Waals surface area contributed by atoms with Crippen LogP contribution >= 0.6 is 11.8 Å². The normalized spacial score (nSPS) is 19.1. The van der Waals surface area contributed by atoms with Crippen molar-refractivity contribution in [3.8, 4) is 0 Å². The van der Waals surface area contributed by atoms with E-state index in [-0.39, 0.29) is 5.25 Å². The number of hydrogen-bond donors (Lipinski definition) is 2. The Balaban J connectivity index is 2.28. The van der Waals surface area contributed by atoms with Crippen LogP contribution in [0.5, 0.6) is 0 Å². The second-order valence-electron chi connectivity index (χ2n) is 4.24. The minimum atomic E-state index is -0.752. The second kappa shape index (κ2) is 4.37. The van der Waals surface area contributed by atoms with Crippen molar-refractivity contribution in [2.24, 2.45) is 0 Å². The van der Waals surface area contributed by atoms with Crippen molar-refractivity contribution in [3.05, 3.63) is 23.8 Å². The summed E-state index contributed by atoms with van der Waals surface area (Å²) in [5.74, 6) is -0.283. The summed E-state index contributed by atoms with van der Waals surface area (Å²) in [6.45, 7) is 4.77. The molecule has 16 heavy (non-hydrogen) atoms. The van der Waals surface area contributed by atoms with Gasteiger partial charge in [-0.05, 0) is 23.6 Å². The summed E-state index contributed by atoms with van der Waals surface area (Å²) < 4.78 is 0. The van der Waals surface area contributed by atoms with E-state index in [1.54, 1.807) is 0 Å². The van der Waals surface area contributed by atoms with E-state index >= 15 is 0 Å². The molecule has 4 heteroatoms. The first-order valence-electron chi connectivity index (χ1n) is 5.35. The molecule has 1 aliphatic rings. The van der Waals surface area contributed by atoms with Gasteiger partial charge in [0.25, 0.3) is 0 Å². The Morgan fingerprint density at radius 3 is 2.94 bits per heavy atom. The predicted molar refractivity (Wildman–Crippen MR) is 66.3 cm³/mol. The standard InChI is InChI=1S/C12H15NO2S/c1-7(2)8-3-4-9-10(5-8)16-11(6-13-9)12(14)15/h3-5,7,11,13H,6H2,1-2H3,(H,14,15). The van der Waals surface area contributed by atoms with Crippen LogP contribution in [0.3, 0.4) is 0 Å². The molecule has 0 radical (unpaired) electrons. The molecule has 1 atom stereocenters. The highest BCUT2D eigenvalue weighted by atomic mass is 32.2. The molecule has 0 fully saturated rings. The number of nitrogens with one attached hydrogen (secondary N) is 1. The molecule has 1 heterocycles. The van der Waals surface area contributed by atoms with E-state index in [2.05, 4.69) is 31.3 Å². The van der Waals surface area contributed by atoms with Crippen molar-refractivity contribution < 1.29 is 9.90 Å². The third-order valence-corrected chi connectivity index (χ3v) is 3.94. The Bertz CT molecular complexity index is 417. The van der Waals surface area contributed by atoms with Crippen molar-refractivity contribution >= 4 is 23.4 Å². The van der Waals surface area contributed by atoms with E-state index < -0.39 is 5.97 Å². The number of anilines is 1. The van der Waals surface area contributed by atoms with Crippen molar-refractivity contribution in [1.29, 1.82) is 0 Å². The molecule has 0 amide bonds. The summed E-state index contributed by atoms with van der Waals surface area (Å²) >= 11 is 1.43. The summed E-state index contributed by atoms with van der Waals surface area (Å²) in [5, 5.41) is 11.8. The van der Waals surface area contributed by atoms with Crippen LogP contribution in [0.4, 0.5) is 5.69 Å². The molecule has 0 bridgehead atoms. The quantitative estimate of drug-likeness (QED) is 0.830. The van der Waals surface area contributed by atoms with Crippen LogP contribution in [0.2, 0.25) is 0 Å². The molecule has 1 unspecified atom stereocenters. The smallest absolute Gasteiger partial charge is 0.318 e. The third kappa shape index (κ3) is 2.16. The van der Waals surface area contributed by atoms with Gasteiger partial charge in [-0.15, -0.1) is 11.8 Å². The monoisotopic (exact) mass is 237 g/mol. The largest absolute Gasteiger partial charge is 0.480 e. The van der Waals surface area contributed by atoms with Gasteiger partial charge in [-0.3, -0.25) is 4.79 Å². The Labute approximate surface area is 99.2 Å². The molecular weight excluding hydrogens is 222 g/mol. The van der Waals surface area contributed by atoms with Crippen LogP contribution in [0.15, 0.2) is 23.1 Å². The molecule has 2 rings (SSSR count). The lowest BCUT2D eigenvalue weighted by atomic mass is 10.0. The summed E-state index contributed by atoms with van der Waals surface area (Å²) in [7, 11) is 0. The van der Waals surface area contributed by atoms with Gasteiger partial charge in [0.15, 0.2) is 0 Å². The van der Waals surface area contributed by atoms with Gasteiger partial charge in [0.2, 0.25) is 0 Å². The Morgan fingerprint density at radius 1 is 1.56 bits per heavy atom. The third-order valence-electron chi connectivity index (χ3n) is 2.69. The lowest BCUT2D eigenvalue weighted by Gasteiger charge is -2.23. The molecule has 86 valence electrons. The molecule has 0 saturated carbocycles. The minimum absolute atomic E-state index is 0.380. The summed E-state index contributed by atoms with van der Waals surface area (Å²) in [6, 6.07) is 6.22. The molecule has 1 aliphatic heterocycles. The van der Waals surface area contributed by atoms with E-state index in [4.69, 9.17) is 5.11 Å². The van der Waals surface area contributed by atoms with Gasteiger partial charge in [-0.2, -0.15) is 0 Å². The summed E-state index contributed by atoms with van der Waals surface area (Å²) in [4.78, 5) is 12.0. The maximum absolute atomic E-state index is 10.9. The molecule has 0 aromatic heterocycles. The zero-order chi connectivity index (χ0) is 11.7. The topological polar surface area (TPSA) is 49.3 Å². The molecule has 0 saturated heterocycles. The molecule has 0 aliphatic carbocycles. The SMILES string of the molecule is CC(C)c1ccc2c(c1)SC(C(=O)O)CN2. The molecule has 1 aromatic rings. The fourth-order valence-electron chi connectivity index (χ4n) is 1.68. The lowest BCUT2D eigenvalue weighted by molar-refractivity contribution is -0.136. The zero-order valence-electron chi connectivity index (χ0n) is 9.36. The van der Waals surface area contributed by atoms with E-state index in [1.807, 2.05) is 6.07 Å². The van der Waals surface area contributed by atoms with Crippen molar-refractivity contribution in [1.82, 2.24) is 0 Å². The second-order valence-corrected chi connectivity index (χ2v) is 5.48. The molecule has 3 nitrogen and oxygen atoms in total. The highest BCUT2D eigenvalue weighted by molar-refractivity contribution is 8.00. The number of hydrogen-bond acceptors (Lipinski definition) is 3. The number of carboxylic acids is 1. The Hall–Kier alpha value is -1.16. The molecule has 1 aromatic carbocycles. The van der Waals surface area contributed by atoms with Gasteiger partial charge in [0.1, 0.15) is 5.25 Å². The lowest BCUT2D eigenvalue weighted by Crippen LogP contribution is -2.28. The summed E-state index contributed by atoms with van der Waals surface area (Å²) in [5.41, 5.74) is 2.30. The first kappa shape index (κ1) is 11.3. The first-order chi connectivity index (χ1) is 7.58. The number of carbonyl (C=O) groups is 1. The summed E-state index contributed by atoms with van der Waals surface area (Å²) in [6.07, 6.45) is 0. The van der Waals surface area contributed by atoms with Crippen molar-refractivity contribution in [3.63, 3.8) is 0 Å². The van der Waals surface area contributed by atoms with E-state index in [1.165, 1.54) is 17.3 Å². The maximum atomic E-state index is 10.9. The molecule has 2 N–H and O–H groups in total. The van der Waals surface area contributed by atoms with Crippen LogP contribution in [0.25, 0.3) is 0 Å². The van der Waals surface area contributed by atoms with Gasteiger partial charge in [-0.1, -0.05) is 19.9 Å². The van der Waals surface area contributed by atoms with Gasteiger partial charge >= 0.3 is 5.97 Å². The fourth-order valence-corrected chi connectivity index (χ4v) is 2.72. The van der Waals surface area contributed by atoms with Gasteiger partial charge in [-0.25, -0.2) is 0 Å². The first-order valence-corrected chi connectivity index (χ1v) is 6.23. The Kier molecular flexibility index (Phi) is 3.10. The highest BCUT2D eigenvalue weighted by Gasteiger charge is 2.24. The highest BCUT2D eigenvalue weighted by Crippen LogP contribution is 2.36. The number of benzene rings is 1. The number of fused-ring (bicyclic) bond motifs is 1. The van der Waals surface area contributed by atoms with Crippen molar-refractivity contribution in [2.45, 2.75) is 29.9 Å². The van der Waals surface area contributed by atoms with Gasteiger partial charge in [0, 0.05) is 17.1 Å². The predicted octanol–water partition coefficient (Wildman–Crippen LogP) is 2.78. The van der Waals surface area contributed by atoms with Crippen LogP contribution in [0.1, 0.15) is 25.3 Å². The van der Waals surface area contributed by atoms with Crippen LogP contribution in [-0.2, 0) is 4.79 Å². The number of aliphatic carboxylic acids is 1. The zero-order valence-corrected chi connectivity index (χ0v) is 10.2. The van der Waals surface area contributed by atoms with Crippen molar-refractivity contribution in [2.75, 3.05) is 11.9 Å². The van der Waals surface area contributed by atoms with E-state index in [0.29, 0.717) is 12.5 Å². The van der Waals surface area contributed by atoms with Gasteiger partial charge < -0.3 is 10.4 Å². The fraction of sp³-hybridized carbons (Fsp3) is 0.417. The Morgan fingerprint density at radius 2 is 2.31 bits per heavy atom. The number of thioether (sulfide) groups is 1. The molecular formula is C12H15NO2S. The maximum Gasteiger partial charge on any atom is 0.318 e. The number of rotatable bonds is 2.